The number of thioether (sulfide) groups is 1. The minimum absolute atomic E-state index is 0.00872. The number of aromatic nitrogens is 2. The zero-order chi connectivity index (χ0) is 21.0. The van der Waals surface area contributed by atoms with Crippen LogP contribution in [0.3, 0.4) is 0 Å². The number of carbonyl (C=O) groups excluding carboxylic acids is 1. The average Bonchev–Trinajstić information content (AvgIpc) is 2.67. The van der Waals surface area contributed by atoms with Gasteiger partial charge in [0.25, 0.3) is 5.56 Å². The van der Waals surface area contributed by atoms with Crippen LogP contribution in [0.25, 0.3) is 5.69 Å². The molecular weight excluding hydrogens is 407 g/mol. The minimum atomic E-state index is -4.42. The van der Waals surface area contributed by atoms with Gasteiger partial charge in [0.1, 0.15) is 5.75 Å². The lowest BCUT2D eigenvalue weighted by atomic mass is 9.95. The summed E-state index contributed by atoms with van der Waals surface area (Å²) in [5, 5.41) is 3.28. The van der Waals surface area contributed by atoms with E-state index in [1.165, 1.54) is 46.7 Å². The van der Waals surface area contributed by atoms with Crippen molar-refractivity contribution in [1.29, 1.82) is 0 Å². The smallest absolute Gasteiger partial charge is 0.422 e. The number of rotatable bonds is 6. The minimum Gasteiger partial charge on any atom is -0.484 e. The van der Waals surface area contributed by atoms with E-state index in [9.17, 15) is 22.8 Å². The van der Waals surface area contributed by atoms with Gasteiger partial charge >= 0.3 is 6.18 Å². The molecule has 3 rings (SSSR count). The molecule has 6 nitrogen and oxygen atoms in total. The molecule has 1 aliphatic heterocycles. The second kappa shape index (κ2) is 8.89. The summed E-state index contributed by atoms with van der Waals surface area (Å²) in [4.78, 5) is 28.8. The SMILES string of the molecule is CCSc1nc(C2CCC(=O)NC2)cc(=O)n1-c1ccc(OCC(F)(F)F)cc1. The van der Waals surface area contributed by atoms with Gasteiger partial charge in [0.05, 0.1) is 11.4 Å². The molecule has 1 fully saturated rings. The Morgan fingerprint density at radius 2 is 2.00 bits per heavy atom. The molecule has 2 aromatic rings. The summed E-state index contributed by atoms with van der Waals surface area (Å²) in [5.74, 6) is 0.714. The number of hydrogen-bond donors (Lipinski definition) is 1. The molecule has 0 saturated carbocycles. The maximum Gasteiger partial charge on any atom is 0.422 e. The average molecular weight is 427 g/mol. The Morgan fingerprint density at radius 1 is 1.28 bits per heavy atom. The number of ether oxygens (including phenoxy) is 1. The number of halogens is 3. The second-order valence-corrected chi connectivity index (χ2v) is 7.74. The van der Waals surface area contributed by atoms with E-state index in [-0.39, 0.29) is 23.1 Å². The van der Waals surface area contributed by atoms with Crippen LogP contribution in [0, 0.1) is 0 Å². The molecular formula is C19H20F3N3O3S. The zero-order valence-corrected chi connectivity index (χ0v) is 16.5. The molecule has 0 radical (unpaired) electrons. The first-order valence-corrected chi connectivity index (χ1v) is 10.1. The molecule has 1 saturated heterocycles. The highest BCUT2D eigenvalue weighted by Gasteiger charge is 2.28. The molecule has 1 unspecified atom stereocenters. The Balaban J connectivity index is 1.88. The number of hydrogen-bond acceptors (Lipinski definition) is 5. The lowest BCUT2D eigenvalue weighted by molar-refractivity contribution is -0.153. The van der Waals surface area contributed by atoms with Crippen molar-refractivity contribution in [3.63, 3.8) is 0 Å². The van der Waals surface area contributed by atoms with Gasteiger partial charge in [0, 0.05) is 24.9 Å². The van der Waals surface area contributed by atoms with E-state index in [2.05, 4.69) is 10.3 Å². The summed E-state index contributed by atoms with van der Waals surface area (Å²) in [6.07, 6.45) is -3.40. The number of carbonyl (C=O) groups is 1. The van der Waals surface area contributed by atoms with Crippen LogP contribution < -0.4 is 15.6 Å². The van der Waals surface area contributed by atoms with Crippen LogP contribution in [-0.4, -0.2) is 40.5 Å². The predicted octanol–water partition coefficient (Wildman–Crippen LogP) is 3.28. The van der Waals surface area contributed by atoms with Crippen LogP contribution in [0.4, 0.5) is 13.2 Å². The van der Waals surface area contributed by atoms with Crippen molar-refractivity contribution in [3.8, 4) is 11.4 Å². The highest BCUT2D eigenvalue weighted by atomic mass is 32.2. The van der Waals surface area contributed by atoms with Crippen LogP contribution in [0.2, 0.25) is 0 Å². The Hall–Kier alpha value is -2.49. The molecule has 0 aliphatic carbocycles. The fraction of sp³-hybridized carbons (Fsp3) is 0.421. The molecule has 2 heterocycles. The third-order valence-corrected chi connectivity index (χ3v) is 5.18. The molecule has 0 bridgehead atoms. The van der Waals surface area contributed by atoms with Gasteiger partial charge in [0.2, 0.25) is 5.91 Å². The fourth-order valence-corrected chi connectivity index (χ4v) is 3.75. The predicted molar refractivity (Wildman–Crippen MR) is 103 cm³/mol. The number of amides is 1. The highest BCUT2D eigenvalue weighted by Crippen LogP contribution is 2.26. The number of nitrogens with one attached hydrogen (secondary N) is 1. The third kappa shape index (κ3) is 5.53. The summed E-state index contributed by atoms with van der Waals surface area (Å²) in [6, 6.07) is 7.27. The topological polar surface area (TPSA) is 73.2 Å². The summed E-state index contributed by atoms with van der Waals surface area (Å²) < 4.78 is 43.0. The first-order chi connectivity index (χ1) is 13.8. The first kappa shape index (κ1) is 21.2. The molecule has 156 valence electrons. The molecule has 10 heteroatoms. The lowest BCUT2D eigenvalue weighted by Gasteiger charge is -2.23. The van der Waals surface area contributed by atoms with E-state index in [0.717, 1.165) is 0 Å². The normalized spacial score (nSPS) is 17.1. The first-order valence-electron chi connectivity index (χ1n) is 9.10. The second-order valence-electron chi connectivity index (χ2n) is 6.51. The fourth-order valence-electron chi connectivity index (χ4n) is 2.99. The maximum absolute atomic E-state index is 12.8. The number of piperidine rings is 1. The lowest BCUT2D eigenvalue weighted by Crippen LogP contribution is -2.35. The van der Waals surface area contributed by atoms with Crippen molar-refractivity contribution >= 4 is 17.7 Å². The Kier molecular flexibility index (Phi) is 6.51. The third-order valence-electron chi connectivity index (χ3n) is 4.36. The molecule has 1 N–H and O–H groups in total. The zero-order valence-electron chi connectivity index (χ0n) is 15.7. The molecule has 1 aromatic carbocycles. The number of nitrogens with zero attached hydrogens (tertiary/aromatic N) is 2. The van der Waals surface area contributed by atoms with E-state index >= 15 is 0 Å². The largest absolute Gasteiger partial charge is 0.484 e. The van der Waals surface area contributed by atoms with Gasteiger partial charge in [-0.3, -0.25) is 14.2 Å². The van der Waals surface area contributed by atoms with Gasteiger partial charge in [-0.1, -0.05) is 18.7 Å². The van der Waals surface area contributed by atoms with Crippen molar-refractivity contribution in [2.24, 2.45) is 0 Å². The monoisotopic (exact) mass is 427 g/mol. The van der Waals surface area contributed by atoms with E-state index in [0.29, 0.717) is 41.7 Å². The summed E-state index contributed by atoms with van der Waals surface area (Å²) in [6.45, 7) is 0.997. The van der Waals surface area contributed by atoms with Crippen LogP contribution in [0.1, 0.15) is 31.4 Å². The molecule has 29 heavy (non-hydrogen) atoms. The van der Waals surface area contributed by atoms with Gasteiger partial charge < -0.3 is 10.1 Å². The van der Waals surface area contributed by atoms with Gasteiger partial charge in [-0.25, -0.2) is 4.98 Å². The van der Waals surface area contributed by atoms with E-state index in [4.69, 9.17) is 4.74 Å². The van der Waals surface area contributed by atoms with E-state index in [1.807, 2.05) is 6.92 Å². The molecule has 1 aromatic heterocycles. The Labute approximate surface area is 169 Å². The summed E-state index contributed by atoms with van der Waals surface area (Å²) >= 11 is 1.39. The number of benzene rings is 1. The van der Waals surface area contributed by atoms with Gasteiger partial charge in [0.15, 0.2) is 11.8 Å². The van der Waals surface area contributed by atoms with Gasteiger partial charge in [-0.15, -0.1) is 0 Å². The highest BCUT2D eigenvalue weighted by molar-refractivity contribution is 7.99. The number of alkyl halides is 3. The van der Waals surface area contributed by atoms with E-state index < -0.39 is 12.8 Å². The Morgan fingerprint density at radius 3 is 2.59 bits per heavy atom. The van der Waals surface area contributed by atoms with E-state index in [1.54, 1.807) is 0 Å². The van der Waals surface area contributed by atoms with Gasteiger partial charge in [-0.2, -0.15) is 13.2 Å². The van der Waals surface area contributed by atoms with Crippen molar-refractivity contribution in [2.75, 3.05) is 18.9 Å². The van der Waals surface area contributed by atoms with Crippen molar-refractivity contribution < 1.29 is 22.7 Å². The quantitative estimate of drug-likeness (QED) is 0.566. The van der Waals surface area contributed by atoms with Crippen LogP contribution >= 0.6 is 11.8 Å². The van der Waals surface area contributed by atoms with Crippen LogP contribution in [-0.2, 0) is 4.79 Å². The van der Waals surface area contributed by atoms with Crippen molar-refractivity contribution in [2.45, 2.75) is 37.0 Å². The van der Waals surface area contributed by atoms with Crippen LogP contribution in [0.15, 0.2) is 40.3 Å². The molecule has 0 spiro atoms. The summed E-state index contributed by atoms with van der Waals surface area (Å²) in [5.41, 5.74) is 0.834. The Bertz CT molecular complexity index is 919. The molecule has 1 aliphatic rings. The molecule has 1 atom stereocenters. The molecule has 1 amide bonds. The van der Waals surface area contributed by atoms with Gasteiger partial charge in [-0.05, 0) is 36.4 Å². The standard InChI is InChI=1S/C19H20F3N3O3S/c1-2-29-18-24-15(12-3-8-16(26)23-10-12)9-17(27)25(18)13-4-6-14(7-5-13)28-11-19(20,21)22/h4-7,9,12H,2-3,8,10-11H2,1H3,(H,23,26). The van der Waals surface area contributed by atoms with Crippen LogP contribution in [0.5, 0.6) is 5.75 Å². The van der Waals surface area contributed by atoms with Crippen molar-refractivity contribution in [1.82, 2.24) is 14.9 Å². The van der Waals surface area contributed by atoms with Crippen molar-refractivity contribution in [3.05, 3.63) is 46.4 Å². The summed E-state index contributed by atoms with van der Waals surface area (Å²) in [7, 11) is 0. The maximum atomic E-state index is 12.8.